The number of nitrogens with zero attached hydrogens (tertiary/aromatic N) is 1. The molecular formula is C17H26N2O. The molecule has 110 valence electrons. The summed E-state index contributed by atoms with van der Waals surface area (Å²) in [5.41, 5.74) is 8.03. The van der Waals surface area contributed by atoms with Crippen LogP contribution in [0.15, 0.2) is 24.3 Å². The predicted molar refractivity (Wildman–Crippen MR) is 83.8 cm³/mol. The van der Waals surface area contributed by atoms with Crippen molar-refractivity contribution in [3.05, 3.63) is 29.8 Å². The van der Waals surface area contributed by atoms with Crippen molar-refractivity contribution in [2.75, 3.05) is 11.4 Å². The van der Waals surface area contributed by atoms with Gasteiger partial charge in [-0.2, -0.15) is 0 Å². The Morgan fingerprint density at radius 3 is 2.85 bits per heavy atom. The Morgan fingerprint density at radius 2 is 2.15 bits per heavy atom. The molecule has 1 aromatic carbocycles. The molecule has 20 heavy (non-hydrogen) atoms. The van der Waals surface area contributed by atoms with Crippen LogP contribution in [0.25, 0.3) is 0 Å². The van der Waals surface area contributed by atoms with E-state index in [-0.39, 0.29) is 11.9 Å². The van der Waals surface area contributed by atoms with Crippen molar-refractivity contribution < 1.29 is 4.79 Å². The van der Waals surface area contributed by atoms with Gasteiger partial charge in [-0.15, -0.1) is 0 Å². The molecule has 0 bridgehead atoms. The fraction of sp³-hybridized carbons (Fsp3) is 0.588. The smallest absolute Gasteiger partial charge is 0.227 e. The molecule has 0 saturated carbocycles. The Morgan fingerprint density at radius 1 is 1.40 bits per heavy atom. The molecule has 0 aliphatic carbocycles. The van der Waals surface area contributed by atoms with E-state index in [1.165, 1.54) is 5.56 Å². The molecule has 0 aromatic heterocycles. The van der Waals surface area contributed by atoms with Crippen molar-refractivity contribution in [1.29, 1.82) is 0 Å². The highest BCUT2D eigenvalue weighted by Crippen LogP contribution is 2.32. The quantitative estimate of drug-likeness (QED) is 0.866. The maximum absolute atomic E-state index is 12.5. The molecule has 3 heteroatoms. The first-order valence-corrected chi connectivity index (χ1v) is 7.77. The summed E-state index contributed by atoms with van der Waals surface area (Å²) < 4.78 is 0. The van der Waals surface area contributed by atoms with E-state index in [9.17, 15) is 4.79 Å². The third kappa shape index (κ3) is 3.21. The Bertz CT molecular complexity index is 458. The van der Waals surface area contributed by atoms with Crippen molar-refractivity contribution in [2.24, 2.45) is 11.7 Å². The van der Waals surface area contributed by atoms with Gasteiger partial charge in [-0.25, -0.2) is 0 Å². The maximum Gasteiger partial charge on any atom is 0.227 e. The monoisotopic (exact) mass is 274 g/mol. The number of fused-ring (bicyclic) bond motifs is 1. The Kier molecular flexibility index (Phi) is 5.18. The van der Waals surface area contributed by atoms with E-state index < -0.39 is 0 Å². The third-order valence-electron chi connectivity index (χ3n) is 4.39. The summed E-state index contributed by atoms with van der Waals surface area (Å²) in [6.07, 6.45) is 4.70. The van der Waals surface area contributed by atoms with Gasteiger partial charge in [0.1, 0.15) is 0 Å². The number of amides is 1. The van der Waals surface area contributed by atoms with Crippen molar-refractivity contribution in [1.82, 2.24) is 0 Å². The van der Waals surface area contributed by atoms with Crippen molar-refractivity contribution in [3.63, 3.8) is 0 Å². The molecule has 3 nitrogen and oxygen atoms in total. The highest BCUT2D eigenvalue weighted by molar-refractivity contribution is 5.96. The second kappa shape index (κ2) is 6.89. The summed E-state index contributed by atoms with van der Waals surface area (Å²) in [7, 11) is 0. The summed E-state index contributed by atoms with van der Waals surface area (Å²) >= 11 is 0. The maximum atomic E-state index is 12.5. The lowest BCUT2D eigenvalue weighted by Gasteiger charge is -2.24. The molecule has 0 fully saturated rings. The van der Waals surface area contributed by atoms with E-state index in [4.69, 9.17) is 5.73 Å². The van der Waals surface area contributed by atoms with Gasteiger partial charge in [-0.05, 0) is 50.3 Å². The van der Waals surface area contributed by atoms with Gasteiger partial charge in [0.2, 0.25) is 5.91 Å². The van der Waals surface area contributed by atoms with E-state index in [2.05, 4.69) is 26.0 Å². The molecule has 1 heterocycles. The first-order chi connectivity index (χ1) is 9.67. The molecule has 1 aliphatic heterocycles. The number of benzene rings is 1. The second-order valence-electron chi connectivity index (χ2n) is 5.84. The molecule has 2 unspecified atom stereocenters. The van der Waals surface area contributed by atoms with Crippen molar-refractivity contribution >= 4 is 11.6 Å². The zero-order chi connectivity index (χ0) is 14.5. The summed E-state index contributed by atoms with van der Waals surface area (Å²) in [4.78, 5) is 14.5. The molecule has 2 atom stereocenters. The van der Waals surface area contributed by atoms with Crippen LogP contribution in [0.3, 0.4) is 0 Å². The van der Waals surface area contributed by atoms with Gasteiger partial charge < -0.3 is 10.6 Å². The number of rotatable bonds is 6. The molecule has 0 saturated heterocycles. The highest BCUT2D eigenvalue weighted by Gasteiger charge is 2.30. The first kappa shape index (κ1) is 15.0. The molecule has 2 N–H and O–H groups in total. The number of hydrogen-bond acceptors (Lipinski definition) is 2. The van der Waals surface area contributed by atoms with Crippen LogP contribution in [0.4, 0.5) is 5.69 Å². The molecule has 0 radical (unpaired) electrons. The topological polar surface area (TPSA) is 46.3 Å². The predicted octanol–water partition coefficient (Wildman–Crippen LogP) is 3.12. The van der Waals surface area contributed by atoms with E-state index in [1.54, 1.807) is 0 Å². The van der Waals surface area contributed by atoms with Crippen LogP contribution in [-0.4, -0.2) is 18.5 Å². The average molecular weight is 274 g/mol. The minimum Gasteiger partial charge on any atom is -0.330 e. The zero-order valence-corrected chi connectivity index (χ0v) is 12.6. The average Bonchev–Trinajstić information content (AvgIpc) is 2.79. The van der Waals surface area contributed by atoms with E-state index >= 15 is 0 Å². The Balaban J connectivity index is 1.99. The minimum absolute atomic E-state index is 0.262. The standard InChI is InChI=1S/C17H26N2O/c1-3-14(10-11-18)8-9-17(20)19-13(2)12-15-6-4-5-7-16(15)19/h4-7,13-14H,3,8-12,18H2,1-2H3. The number of carbonyl (C=O) groups excluding carboxylic acids is 1. The first-order valence-electron chi connectivity index (χ1n) is 7.77. The van der Waals surface area contributed by atoms with E-state index in [0.29, 0.717) is 12.3 Å². The van der Waals surface area contributed by atoms with Gasteiger partial charge in [-0.1, -0.05) is 31.5 Å². The van der Waals surface area contributed by atoms with Gasteiger partial charge in [0.25, 0.3) is 0 Å². The Labute approximate surface area is 122 Å². The molecular weight excluding hydrogens is 248 g/mol. The highest BCUT2D eigenvalue weighted by atomic mass is 16.2. The molecule has 1 aromatic rings. The van der Waals surface area contributed by atoms with Gasteiger partial charge in [-0.3, -0.25) is 4.79 Å². The summed E-state index contributed by atoms with van der Waals surface area (Å²) in [6, 6.07) is 8.54. The van der Waals surface area contributed by atoms with Crippen molar-refractivity contribution in [2.45, 2.75) is 52.0 Å². The van der Waals surface area contributed by atoms with Crippen molar-refractivity contribution in [3.8, 4) is 0 Å². The van der Waals surface area contributed by atoms with Crippen LogP contribution in [0, 0.1) is 5.92 Å². The number of anilines is 1. The van der Waals surface area contributed by atoms with Gasteiger partial charge >= 0.3 is 0 Å². The number of para-hydroxylation sites is 1. The van der Waals surface area contributed by atoms with Crippen LogP contribution < -0.4 is 10.6 Å². The summed E-state index contributed by atoms with van der Waals surface area (Å²) in [6.45, 7) is 5.03. The molecule has 2 rings (SSSR count). The van der Waals surface area contributed by atoms with Crippen LogP contribution in [-0.2, 0) is 11.2 Å². The normalized spacial score (nSPS) is 18.9. The van der Waals surface area contributed by atoms with Crippen LogP contribution in [0.5, 0.6) is 0 Å². The lowest BCUT2D eigenvalue weighted by molar-refractivity contribution is -0.119. The minimum atomic E-state index is 0.262. The summed E-state index contributed by atoms with van der Waals surface area (Å²) in [5.74, 6) is 0.843. The van der Waals surface area contributed by atoms with Gasteiger partial charge in [0, 0.05) is 18.2 Å². The number of nitrogens with two attached hydrogens (primary N) is 1. The van der Waals surface area contributed by atoms with E-state index in [0.717, 1.165) is 37.9 Å². The van der Waals surface area contributed by atoms with Crippen LogP contribution >= 0.6 is 0 Å². The molecule has 0 spiro atoms. The summed E-state index contributed by atoms with van der Waals surface area (Å²) in [5, 5.41) is 0. The van der Waals surface area contributed by atoms with Crippen LogP contribution in [0.2, 0.25) is 0 Å². The molecule has 1 amide bonds. The Hall–Kier alpha value is -1.35. The second-order valence-corrected chi connectivity index (χ2v) is 5.84. The van der Waals surface area contributed by atoms with E-state index in [1.807, 2.05) is 17.0 Å². The largest absolute Gasteiger partial charge is 0.330 e. The fourth-order valence-corrected chi connectivity index (χ4v) is 3.18. The fourth-order valence-electron chi connectivity index (χ4n) is 3.18. The van der Waals surface area contributed by atoms with Gasteiger partial charge in [0.15, 0.2) is 0 Å². The van der Waals surface area contributed by atoms with Gasteiger partial charge in [0.05, 0.1) is 0 Å². The third-order valence-corrected chi connectivity index (χ3v) is 4.39. The lowest BCUT2D eigenvalue weighted by atomic mass is 9.96. The molecule has 1 aliphatic rings. The van der Waals surface area contributed by atoms with Crippen LogP contribution in [0.1, 0.15) is 45.1 Å². The number of hydrogen-bond donors (Lipinski definition) is 1. The SMILES string of the molecule is CCC(CCN)CCC(=O)N1c2ccccc2CC1C. The zero-order valence-electron chi connectivity index (χ0n) is 12.6. The lowest BCUT2D eigenvalue weighted by Crippen LogP contribution is -2.35. The number of carbonyl (C=O) groups is 1.